The molecule has 5 heteroatoms. The Labute approximate surface area is 130 Å². The van der Waals surface area contributed by atoms with Gasteiger partial charge in [-0.3, -0.25) is 4.79 Å². The van der Waals surface area contributed by atoms with Gasteiger partial charge in [-0.05, 0) is 51.3 Å². The molecule has 0 radical (unpaired) electrons. The van der Waals surface area contributed by atoms with Gasteiger partial charge in [0.2, 0.25) is 5.91 Å². The van der Waals surface area contributed by atoms with Gasteiger partial charge >= 0.3 is 0 Å². The number of nitrogens with two attached hydrogens (primary N) is 1. The summed E-state index contributed by atoms with van der Waals surface area (Å²) in [5, 5.41) is 4.25. The highest BCUT2D eigenvalue weighted by molar-refractivity contribution is 6.35. The first-order chi connectivity index (χ1) is 9.19. The number of hydrogen-bond donors (Lipinski definition) is 2. The summed E-state index contributed by atoms with van der Waals surface area (Å²) in [4.78, 5) is 11.9. The highest BCUT2D eigenvalue weighted by Gasteiger charge is 2.22. The minimum atomic E-state index is -0.369. The van der Waals surface area contributed by atoms with E-state index in [1.54, 1.807) is 12.1 Å². The quantitative estimate of drug-likeness (QED) is 0.843. The molecule has 0 aromatic heterocycles. The molecule has 1 amide bonds. The molecule has 1 aromatic carbocycles. The normalized spacial score (nSPS) is 13.1. The summed E-state index contributed by atoms with van der Waals surface area (Å²) >= 11 is 12.0. The fraction of sp³-hybridized carbons (Fsp3) is 0.533. The van der Waals surface area contributed by atoms with Crippen LogP contribution in [0.15, 0.2) is 18.2 Å². The Bertz CT molecular complexity index is 473. The summed E-state index contributed by atoms with van der Waals surface area (Å²) in [7, 11) is 0. The molecule has 0 saturated heterocycles. The van der Waals surface area contributed by atoms with E-state index in [-0.39, 0.29) is 17.5 Å². The van der Waals surface area contributed by atoms with E-state index >= 15 is 0 Å². The Morgan fingerprint density at radius 2 is 2.05 bits per heavy atom. The Balaban J connectivity index is 2.62. The van der Waals surface area contributed by atoms with Gasteiger partial charge < -0.3 is 11.1 Å². The lowest BCUT2D eigenvalue weighted by atomic mass is 9.94. The minimum absolute atomic E-state index is 0.0115. The van der Waals surface area contributed by atoms with Gasteiger partial charge in [-0.15, -0.1) is 0 Å². The summed E-state index contributed by atoms with van der Waals surface area (Å²) in [5.41, 5.74) is 6.25. The van der Waals surface area contributed by atoms with E-state index in [0.29, 0.717) is 29.3 Å². The van der Waals surface area contributed by atoms with Gasteiger partial charge in [-0.2, -0.15) is 0 Å². The van der Waals surface area contributed by atoms with Crippen LogP contribution in [0.2, 0.25) is 10.0 Å². The number of nitrogens with one attached hydrogen (secondary N) is 1. The molecule has 0 bridgehead atoms. The smallest absolute Gasteiger partial charge is 0.220 e. The van der Waals surface area contributed by atoms with E-state index in [9.17, 15) is 4.79 Å². The average Bonchev–Trinajstić information content (AvgIpc) is 2.29. The number of hydrogen-bond acceptors (Lipinski definition) is 2. The van der Waals surface area contributed by atoms with Crippen molar-refractivity contribution >= 4 is 29.1 Å². The van der Waals surface area contributed by atoms with E-state index in [1.165, 1.54) is 0 Å². The third-order valence-electron chi connectivity index (χ3n) is 2.95. The number of carbonyl (C=O) groups excluding carboxylic acids is 1. The molecule has 3 N–H and O–H groups in total. The number of halogens is 2. The zero-order valence-corrected chi connectivity index (χ0v) is 13.7. The van der Waals surface area contributed by atoms with Crippen molar-refractivity contribution in [1.29, 1.82) is 0 Å². The van der Waals surface area contributed by atoms with Crippen LogP contribution in [0.3, 0.4) is 0 Å². The Hall–Kier alpha value is -0.770. The van der Waals surface area contributed by atoms with Gasteiger partial charge in [0.1, 0.15) is 0 Å². The molecule has 1 unspecified atom stereocenters. The van der Waals surface area contributed by atoms with E-state index in [1.807, 2.05) is 26.8 Å². The molecule has 1 atom stereocenters. The number of amides is 1. The Morgan fingerprint density at radius 3 is 2.60 bits per heavy atom. The van der Waals surface area contributed by atoms with Crippen molar-refractivity contribution in [1.82, 2.24) is 5.32 Å². The highest BCUT2D eigenvalue weighted by atomic mass is 35.5. The van der Waals surface area contributed by atoms with Crippen molar-refractivity contribution in [2.75, 3.05) is 0 Å². The maximum absolute atomic E-state index is 11.9. The van der Waals surface area contributed by atoms with Crippen LogP contribution in [0.4, 0.5) is 0 Å². The van der Waals surface area contributed by atoms with Crippen molar-refractivity contribution in [2.24, 2.45) is 5.73 Å². The van der Waals surface area contributed by atoms with Crippen LogP contribution in [-0.4, -0.2) is 17.5 Å². The molecule has 3 nitrogen and oxygen atoms in total. The number of carbonyl (C=O) groups is 1. The van der Waals surface area contributed by atoms with E-state index in [2.05, 4.69) is 5.32 Å². The van der Waals surface area contributed by atoms with Crippen molar-refractivity contribution in [2.45, 2.75) is 51.6 Å². The molecule has 1 aromatic rings. The molecule has 0 heterocycles. The monoisotopic (exact) mass is 316 g/mol. The van der Waals surface area contributed by atoms with Gasteiger partial charge in [-0.25, -0.2) is 0 Å². The van der Waals surface area contributed by atoms with Crippen LogP contribution in [0.25, 0.3) is 0 Å². The maximum Gasteiger partial charge on any atom is 0.220 e. The first-order valence-electron chi connectivity index (χ1n) is 6.70. The largest absolute Gasteiger partial charge is 0.351 e. The third-order valence-corrected chi connectivity index (χ3v) is 3.54. The molecule has 0 aliphatic heterocycles. The molecular weight excluding hydrogens is 295 g/mol. The van der Waals surface area contributed by atoms with E-state index in [0.717, 1.165) is 5.56 Å². The lowest BCUT2D eigenvalue weighted by molar-refractivity contribution is -0.122. The predicted molar refractivity (Wildman–Crippen MR) is 85.3 cm³/mol. The lowest BCUT2D eigenvalue weighted by Crippen LogP contribution is -2.45. The molecular formula is C15H22Cl2N2O. The van der Waals surface area contributed by atoms with Crippen molar-refractivity contribution < 1.29 is 4.79 Å². The van der Waals surface area contributed by atoms with Crippen LogP contribution >= 0.6 is 23.2 Å². The topological polar surface area (TPSA) is 55.1 Å². The fourth-order valence-electron chi connectivity index (χ4n) is 1.98. The first kappa shape index (κ1) is 17.3. The van der Waals surface area contributed by atoms with Gasteiger partial charge in [0.15, 0.2) is 0 Å². The molecule has 0 aliphatic carbocycles. The van der Waals surface area contributed by atoms with Gasteiger partial charge in [0.05, 0.1) is 0 Å². The molecule has 0 saturated carbocycles. The molecule has 1 rings (SSSR count). The second-order valence-electron chi connectivity index (χ2n) is 5.86. The van der Waals surface area contributed by atoms with Crippen molar-refractivity contribution in [3.63, 3.8) is 0 Å². The van der Waals surface area contributed by atoms with E-state index in [4.69, 9.17) is 28.9 Å². The number of benzene rings is 1. The highest BCUT2D eigenvalue weighted by Crippen LogP contribution is 2.24. The second-order valence-corrected chi connectivity index (χ2v) is 6.70. The number of rotatable bonds is 6. The SMILES string of the molecule is CC(N)CCC(=O)NC(C)(C)Cc1ccc(Cl)cc1Cl. The third kappa shape index (κ3) is 6.12. The Kier molecular flexibility index (Phi) is 6.31. The van der Waals surface area contributed by atoms with E-state index < -0.39 is 0 Å². The van der Waals surface area contributed by atoms with Gasteiger partial charge in [-0.1, -0.05) is 29.3 Å². The van der Waals surface area contributed by atoms with Crippen LogP contribution < -0.4 is 11.1 Å². The van der Waals surface area contributed by atoms with Crippen LogP contribution in [-0.2, 0) is 11.2 Å². The van der Waals surface area contributed by atoms with Crippen LogP contribution in [0.1, 0.15) is 39.2 Å². The average molecular weight is 317 g/mol. The summed E-state index contributed by atoms with van der Waals surface area (Å²) in [5.74, 6) is 0.0115. The van der Waals surface area contributed by atoms with Gasteiger partial charge in [0, 0.05) is 28.0 Å². The minimum Gasteiger partial charge on any atom is -0.351 e. The predicted octanol–water partition coefficient (Wildman–Crippen LogP) is 3.56. The van der Waals surface area contributed by atoms with Crippen LogP contribution in [0.5, 0.6) is 0 Å². The lowest BCUT2D eigenvalue weighted by Gasteiger charge is -2.27. The standard InChI is InChI=1S/C15H22Cl2N2O/c1-10(18)4-7-14(20)19-15(2,3)9-11-5-6-12(16)8-13(11)17/h5-6,8,10H,4,7,9,18H2,1-3H3,(H,19,20). The van der Waals surface area contributed by atoms with Crippen molar-refractivity contribution in [3.05, 3.63) is 33.8 Å². The van der Waals surface area contributed by atoms with Crippen LogP contribution in [0, 0.1) is 0 Å². The Morgan fingerprint density at radius 1 is 1.40 bits per heavy atom. The first-order valence-corrected chi connectivity index (χ1v) is 7.46. The summed E-state index contributed by atoms with van der Waals surface area (Å²) in [6.07, 6.45) is 1.77. The van der Waals surface area contributed by atoms with Gasteiger partial charge in [0.25, 0.3) is 0 Å². The zero-order valence-electron chi connectivity index (χ0n) is 12.2. The molecule has 0 fully saturated rings. The second kappa shape index (κ2) is 7.30. The molecule has 112 valence electrons. The maximum atomic E-state index is 11.9. The van der Waals surface area contributed by atoms with Crippen molar-refractivity contribution in [3.8, 4) is 0 Å². The molecule has 20 heavy (non-hydrogen) atoms. The molecule has 0 aliphatic rings. The zero-order chi connectivity index (χ0) is 15.3. The summed E-state index contributed by atoms with van der Waals surface area (Å²) < 4.78 is 0. The molecule has 0 spiro atoms. The fourth-order valence-corrected chi connectivity index (χ4v) is 2.46. The summed E-state index contributed by atoms with van der Waals surface area (Å²) in [6, 6.07) is 5.44. The summed E-state index contributed by atoms with van der Waals surface area (Å²) in [6.45, 7) is 5.84.